The number of anilines is 1. The highest BCUT2D eigenvalue weighted by Gasteiger charge is 2.43. The van der Waals surface area contributed by atoms with E-state index in [1.807, 2.05) is 0 Å². The van der Waals surface area contributed by atoms with Crippen LogP contribution in [0.25, 0.3) is 0 Å². The zero-order chi connectivity index (χ0) is 18.1. The van der Waals surface area contributed by atoms with Gasteiger partial charge in [0.2, 0.25) is 0 Å². The molecule has 0 radical (unpaired) electrons. The fraction of sp³-hybridized carbons (Fsp3) is 0.417. The number of halogens is 5. The molecule has 1 N–H and O–H groups in total. The lowest BCUT2D eigenvalue weighted by Crippen LogP contribution is -2.26. The molecule has 0 atom stereocenters. The van der Waals surface area contributed by atoms with Crippen LogP contribution in [0.4, 0.5) is 27.6 Å². The van der Waals surface area contributed by atoms with Crippen molar-refractivity contribution >= 4 is 17.6 Å². The molecule has 0 bridgehead atoms. The number of hydrogen-bond donors (Lipinski definition) is 1. The van der Waals surface area contributed by atoms with Gasteiger partial charge in [-0.3, -0.25) is 0 Å². The number of ether oxygens (including phenoxy) is 1. The van der Waals surface area contributed by atoms with E-state index in [1.165, 1.54) is 0 Å². The van der Waals surface area contributed by atoms with Crippen LogP contribution >= 0.6 is 0 Å². The number of pyridine rings is 1. The van der Waals surface area contributed by atoms with Gasteiger partial charge >= 0.3 is 18.1 Å². The highest BCUT2D eigenvalue weighted by Crippen LogP contribution is 2.40. The number of rotatable bonds is 4. The van der Waals surface area contributed by atoms with Crippen LogP contribution in [-0.4, -0.2) is 43.2 Å². The maximum atomic E-state index is 13.1. The van der Waals surface area contributed by atoms with Gasteiger partial charge < -0.3 is 14.7 Å². The summed E-state index contributed by atoms with van der Waals surface area (Å²) >= 11 is 0. The lowest BCUT2D eigenvalue weighted by Gasteiger charge is -2.23. The van der Waals surface area contributed by atoms with Gasteiger partial charge in [0.25, 0.3) is 6.43 Å². The summed E-state index contributed by atoms with van der Waals surface area (Å²) in [6, 6.07) is 0. The normalized spacial score (nSPS) is 11.5. The van der Waals surface area contributed by atoms with E-state index in [4.69, 9.17) is 5.11 Å². The lowest BCUT2D eigenvalue weighted by molar-refractivity contribution is -0.142. The number of nitrogens with zero attached hydrogens (tertiary/aromatic N) is 2. The van der Waals surface area contributed by atoms with Gasteiger partial charge in [-0.1, -0.05) is 0 Å². The molecule has 6 nitrogen and oxygen atoms in total. The van der Waals surface area contributed by atoms with Crippen LogP contribution in [0.5, 0.6) is 0 Å². The molecule has 0 saturated heterocycles. The highest BCUT2D eigenvalue weighted by atomic mass is 19.4. The number of carboxylic acids is 1. The van der Waals surface area contributed by atoms with Crippen LogP contribution in [0, 0.1) is 0 Å². The largest absolute Gasteiger partial charge is 0.478 e. The molecule has 0 saturated carbocycles. The number of aromatic carboxylic acids is 1. The number of carbonyl (C=O) groups is 2. The molecule has 1 heterocycles. The summed E-state index contributed by atoms with van der Waals surface area (Å²) in [5.74, 6) is -3.49. The molecule has 0 amide bonds. The van der Waals surface area contributed by atoms with E-state index in [9.17, 15) is 31.5 Å². The minimum absolute atomic E-state index is 0.804. The first kappa shape index (κ1) is 18.6. The van der Waals surface area contributed by atoms with Crippen LogP contribution in [0.1, 0.15) is 38.5 Å². The van der Waals surface area contributed by atoms with Crippen molar-refractivity contribution in [3.63, 3.8) is 0 Å². The first-order chi connectivity index (χ1) is 10.4. The van der Waals surface area contributed by atoms with Gasteiger partial charge in [0.1, 0.15) is 16.8 Å². The second-order valence-corrected chi connectivity index (χ2v) is 4.43. The molecule has 23 heavy (non-hydrogen) atoms. The van der Waals surface area contributed by atoms with Crippen LogP contribution in [0.3, 0.4) is 0 Å². The molecule has 0 fully saturated rings. The third kappa shape index (κ3) is 3.48. The van der Waals surface area contributed by atoms with Crippen molar-refractivity contribution < 1.29 is 41.4 Å². The standard InChI is InChI=1S/C12H11F5N2O4/c1-19(2)7-4(11(22)23-3)6(9(13)14)18-8(12(15,16)17)5(7)10(20)21/h9H,1-3H3,(H,20,21). The number of aromatic nitrogens is 1. The maximum absolute atomic E-state index is 13.1. The molecule has 128 valence electrons. The number of esters is 1. The van der Waals surface area contributed by atoms with Crippen molar-refractivity contribution in [2.45, 2.75) is 12.6 Å². The summed E-state index contributed by atoms with van der Waals surface area (Å²) in [5, 5.41) is 9.06. The monoisotopic (exact) mass is 342 g/mol. The second kappa shape index (κ2) is 6.34. The molecular formula is C12H11F5N2O4. The Morgan fingerprint density at radius 1 is 1.22 bits per heavy atom. The third-order valence-corrected chi connectivity index (χ3v) is 2.72. The SMILES string of the molecule is COC(=O)c1c(C(F)F)nc(C(F)(F)F)c(C(=O)O)c1N(C)C. The summed E-state index contributed by atoms with van der Waals surface area (Å²) in [7, 11) is 3.02. The smallest absolute Gasteiger partial charge is 0.434 e. The lowest BCUT2D eigenvalue weighted by atomic mass is 10.0. The minimum Gasteiger partial charge on any atom is -0.478 e. The van der Waals surface area contributed by atoms with Crippen LogP contribution in [0.2, 0.25) is 0 Å². The number of carbonyl (C=O) groups excluding carboxylic acids is 1. The maximum Gasteiger partial charge on any atom is 0.434 e. The highest BCUT2D eigenvalue weighted by molar-refractivity contribution is 6.05. The van der Waals surface area contributed by atoms with E-state index in [1.54, 1.807) is 0 Å². The molecule has 0 aliphatic carbocycles. The Morgan fingerprint density at radius 3 is 2.04 bits per heavy atom. The molecule has 0 aliphatic heterocycles. The Kier molecular flexibility index (Phi) is 5.13. The number of alkyl halides is 5. The summed E-state index contributed by atoms with van der Waals surface area (Å²) in [4.78, 5) is 26.4. The molecule has 1 aromatic heterocycles. The second-order valence-electron chi connectivity index (χ2n) is 4.43. The summed E-state index contributed by atoms with van der Waals surface area (Å²) in [5.41, 5.74) is -6.82. The molecule has 0 aromatic carbocycles. The van der Waals surface area contributed by atoms with E-state index in [0.29, 0.717) is 0 Å². The van der Waals surface area contributed by atoms with E-state index >= 15 is 0 Å². The van der Waals surface area contributed by atoms with Crippen molar-refractivity contribution in [1.29, 1.82) is 0 Å². The number of methoxy groups -OCH3 is 1. The Labute approximate surface area is 126 Å². The molecule has 0 aliphatic rings. The van der Waals surface area contributed by atoms with Crippen molar-refractivity contribution in [2.75, 3.05) is 26.1 Å². The van der Waals surface area contributed by atoms with Crippen molar-refractivity contribution in [1.82, 2.24) is 4.98 Å². The molecule has 1 aromatic rings. The topological polar surface area (TPSA) is 79.7 Å². The van der Waals surface area contributed by atoms with E-state index in [0.717, 1.165) is 26.1 Å². The molecular weight excluding hydrogens is 331 g/mol. The number of hydrogen-bond acceptors (Lipinski definition) is 5. The van der Waals surface area contributed by atoms with Gasteiger partial charge in [0.05, 0.1) is 12.8 Å². The van der Waals surface area contributed by atoms with Crippen LogP contribution in [0.15, 0.2) is 0 Å². The van der Waals surface area contributed by atoms with Gasteiger partial charge in [0, 0.05) is 14.1 Å². The predicted molar refractivity (Wildman–Crippen MR) is 66.8 cm³/mol. The Bertz CT molecular complexity index is 643. The summed E-state index contributed by atoms with van der Waals surface area (Å²) in [6.07, 6.45) is -8.86. The quantitative estimate of drug-likeness (QED) is 0.669. The fourth-order valence-corrected chi connectivity index (χ4v) is 1.91. The van der Waals surface area contributed by atoms with Gasteiger partial charge in [0.15, 0.2) is 5.69 Å². The Hall–Kier alpha value is -2.46. The predicted octanol–water partition coefficient (Wildman–Crippen LogP) is 2.59. The first-order valence-corrected chi connectivity index (χ1v) is 5.85. The van der Waals surface area contributed by atoms with Crippen LogP contribution < -0.4 is 4.90 Å². The molecule has 11 heteroatoms. The minimum atomic E-state index is -5.31. The Morgan fingerprint density at radius 2 is 1.74 bits per heavy atom. The van der Waals surface area contributed by atoms with E-state index < -0.39 is 52.7 Å². The molecule has 0 unspecified atom stereocenters. The molecule has 0 spiro atoms. The van der Waals surface area contributed by atoms with Crippen molar-refractivity contribution in [3.05, 3.63) is 22.5 Å². The fourth-order valence-electron chi connectivity index (χ4n) is 1.91. The zero-order valence-corrected chi connectivity index (χ0v) is 12.0. The average Bonchev–Trinajstić information content (AvgIpc) is 2.42. The van der Waals surface area contributed by atoms with Crippen molar-refractivity contribution in [3.8, 4) is 0 Å². The van der Waals surface area contributed by atoms with E-state index in [-0.39, 0.29) is 0 Å². The Balaban J connectivity index is 4.08. The van der Waals surface area contributed by atoms with E-state index in [2.05, 4.69) is 9.72 Å². The van der Waals surface area contributed by atoms with Gasteiger partial charge in [-0.25, -0.2) is 23.4 Å². The summed E-state index contributed by atoms with van der Waals surface area (Å²) in [6.45, 7) is 0. The average molecular weight is 342 g/mol. The molecule has 1 rings (SSSR count). The van der Waals surface area contributed by atoms with Crippen molar-refractivity contribution in [2.24, 2.45) is 0 Å². The third-order valence-electron chi connectivity index (χ3n) is 2.72. The number of carboxylic acid groups (broad SMARTS) is 1. The zero-order valence-electron chi connectivity index (χ0n) is 12.0. The van der Waals surface area contributed by atoms with Gasteiger partial charge in [-0.2, -0.15) is 13.2 Å². The van der Waals surface area contributed by atoms with Gasteiger partial charge in [-0.05, 0) is 0 Å². The summed E-state index contributed by atoms with van der Waals surface area (Å²) < 4.78 is 69.4. The van der Waals surface area contributed by atoms with Gasteiger partial charge in [-0.15, -0.1) is 0 Å². The van der Waals surface area contributed by atoms with Crippen LogP contribution in [-0.2, 0) is 10.9 Å². The first-order valence-electron chi connectivity index (χ1n) is 5.85.